The van der Waals surface area contributed by atoms with Crippen LogP contribution in [0, 0.1) is 0 Å². The van der Waals surface area contributed by atoms with Crippen LogP contribution in [0.5, 0.6) is 0 Å². The first-order valence-electron chi connectivity index (χ1n) is 13.3. The minimum absolute atomic E-state index is 0.0211. The van der Waals surface area contributed by atoms with Gasteiger partial charge >= 0.3 is 0 Å². The average molecular weight is 534 g/mol. The van der Waals surface area contributed by atoms with Crippen molar-refractivity contribution >= 4 is 46.7 Å². The van der Waals surface area contributed by atoms with Crippen LogP contribution >= 0.6 is 7.92 Å². The van der Waals surface area contributed by atoms with E-state index >= 15 is 0 Å². The molecule has 0 aromatic heterocycles. The number of para-hydroxylation sites is 2. The molecule has 0 spiro atoms. The molecule has 0 aliphatic carbocycles. The van der Waals surface area contributed by atoms with E-state index in [4.69, 9.17) is 0 Å². The number of ketones is 1. The van der Waals surface area contributed by atoms with Gasteiger partial charge in [0.05, 0.1) is 0 Å². The molecule has 40 heavy (non-hydrogen) atoms. The van der Waals surface area contributed by atoms with Gasteiger partial charge in [-0.25, -0.2) is 0 Å². The Morgan fingerprint density at radius 1 is 0.375 bits per heavy atom. The minimum atomic E-state index is -0.705. The van der Waals surface area contributed by atoms with E-state index in [0.717, 1.165) is 17.1 Å². The lowest BCUT2D eigenvalue weighted by Crippen LogP contribution is -2.20. The number of carbonyl (C=O) groups is 1. The first kappa shape index (κ1) is 25.5. The molecule has 0 heterocycles. The van der Waals surface area contributed by atoms with Crippen LogP contribution in [0.15, 0.2) is 170 Å². The summed E-state index contributed by atoms with van der Waals surface area (Å²) < 4.78 is 0. The molecule has 192 valence electrons. The van der Waals surface area contributed by atoms with Crippen LogP contribution in [0.3, 0.4) is 0 Å². The number of carbonyl (C=O) groups excluding carboxylic acids is 1. The Labute approximate surface area is 237 Å². The SMILES string of the molecule is O=C(c1ccc(N(c2ccccc2)c2ccccc2)cc1)c1ccc(P(c2ccccc2)c2ccccc2)cc1. The number of nitrogens with zero attached hydrogens (tertiary/aromatic N) is 1. The van der Waals surface area contributed by atoms with Crippen LogP contribution < -0.4 is 20.8 Å². The molecule has 0 saturated carbocycles. The van der Waals surface area contributed by atoms with Crippen LogP contribution in [0.4, 0.5) is 17.1 Å². The Kier molecular flexibility index (Phi) is 7.62. The highest BCUT2D eigenvalue weighted by Gasteiger charge is 2.18. The predicted molar refractivity (Wildman–Crippen MR) is 170 cm³/mol. The second-order valence-corrected chi connectivity index (χ2v) is 11.7. The van der Waals surface area contributed by atoms with Crippen LogP contribution in [0.2, 0.25) is 0 Å². The van der Waals surface area contributed by atoms with Gasteiger partial charge in [-0.2, -0.15) is 0 Å². The summed E-state index contributed by atoms with van der Waals surface area (Å²) in [5, 5.41) is 3.81. The largest absolute Gasteiger partial charge is 0.311 e. The van der Waals surface area contributed by atoms with Gasteiger partial charge in [0.1, 0.15) is 0 Å². The fourth-order valence-electron chi connectivity index (χ4n) is 4.89. The molecule has 6 aromatic carbocycles. The summed E-state index contributed by atoms with van der Waals surface area (Å²) in [5.41, 5.74) is 4.50. The van der Waals surface area contributed by atoms with Crippen molar-refractivity contribution in [2.45, 2.75) is 0 Å². The Bertz CT molecular complexity index is 1460. The quantitative estimate of drug-likeness (QED) is 0.145. The number of rotatable bonds is 8. The Morgan fingerprint density at radius 2 is 0.700 bits per heavy atom. The maximum atomic E-state index is 13.5. The normalized spacial score (nSPS) is 10.8. The zero-order valence-electron chi connectivity index (χ0n) is 22.0. The number of hydrogen-bond donors (Lipinski definition) is 0. The van der Waals surface area contributed by atoms with Crippen molar-refractivity contribution in [2.75, 3.05) is 4.90 Å². The molecule has 0 unspecified atom stereocenters. The van der Waals surface area contributed by atoms with Gasteiger partial charge in [-0.3, -0.25) is 4.79 Å². The average Bonchev–Trinajstić information content (AvgIpc) is 3.04. The molecule has 0 atom stereocenters. The van der Waals surface area contributed by atoms with Crippen molar-refractivity contribution in [1.82, 2.24) is 0 Å². The summed E-state index contributed by atoms with van der Waals surface area (Å²) in [7, 11) is -0.705. The number of benzene rings is 6. The highest BCUT2D eigenvalue weighted by molar-refractivity contribution is 7.79. The van der Waals surface area contributed by atoms with E-state index in [-0.39, 0.29) is 5.78 Å². The van der Waals surface area contributed by atoms with Crippen LogP contribution in [0.25, 0.3) is 0 Å². The van der Waals surface area contributed by atoms with E-state index in [1.165, 1.54) is 15.9 Å². The topological polar surface area (TPSA) is 20.3 Å². The van der Waals surface area contributed by atoms with Crippen LogP contribution in [0.1, 0.15) is 15.9 Å². The molecule has 6 aromatic rings. The van der Waals surface area contributed by atoms with E-state index in [9.17, 15) is 4.79 Å². The highest BCUT2D eigenvalue weighted by Crippen LogP contribution is 2.35. The number of anilines is 3. The molecule has 0 saturated heterocycles. The third-order valence-electron chi connectivity index (χ3n) is 6.83. The highest BCUT2D eigenvalue weighted by atomic mass is 31.1. The van der Waals surface area contributed by atoms with Crippen LogP contribution in [-0.2, 0) is 0 Å². The van der Waals surface area contributed by atoms with Gasteiger partial charge in [-0.05, 0) is 72.4 Å². The molecule has 0 radical (unpaired) electrons. The van der Waals surface area contributed by atoms with Gasteiger partial charge in [0, 0.05) is 28.2 Å². The minimum Gasteiger partial charge on any atom is -0.311 e. The lowest BCUT2D eigenvalue weighted by Gasteiger charge is -2.25. The van der Waals surface area contributed by atoms with Gasteiger partial charge in [0.15, 0.2) is 5.78 Å². The van der Waals surface area contributed by atoms with Crippen molar-refractivity contribution in [1.29, 1.82) is 0 Å². The summed E-state index contributed by atoms with van der Waals surface area (Å²) in [6.07, 6.45) is 0. The molecular formula is C37H28NOP. The fraction of sp³-hybridized carbons (Fsp3) is 0. The van der Waals surface area contributed by atoms with Crippen molar-refractivity contribution < 1.29 is 4.79 Å². The second-order valence-electron chi connectivity index (χ2n) is 9.44. The molecule has 0 bridgehead atoms. The van der Waals surface area contributed by atoms with Crippen LogP contribution in [-0.4, -0.2) is 5.78 Å². The van der Waals surface area contributed by atoms with Gasteiger partial charge in [0.25, 0.3) is 0 Å². The van der Waals surface area contributed by atoms with Crippen molar-refractivity contribution in [3.05, 3.63) is 181 Å². The molecule has 3 heteroatoms. The lowest BCUT2D eigenvalue weighted by molar-refractivity contribution is 0.103. The lowest BCUT2D eigenvalue weighted by atomic mass is 10.0. The molecule has 0 N–H and O–H groups in total. The van der Waals surface area contributed by atoms with E-state index in [1.807, 2.05) is 84.9 Å². The monoisotopic (exact) mass is 533 g/mol. The van der Waals surface area contributed by atoms with Gasteiger partial charge in [0.2, 0.25) is 0 Å². The smallest absolute Gasteiger partial charge is 0.193 e. The molecule has 0 fully saturated rings. The maximum absolute atomic E-state index is 13.5. The number of hydrogen-bond acceptors (Lipinski definition) is 2. The molecule has 0 aliphatic rings. The second kappa shape index (κ2) is 11.9. The predicted octanol–water partition coefficient (Wildman–Crippen LogP) is 8.15. The molecule has 2 nitrogen and oxygen atoms in total. The summed E-state index contributed by atoms with van der Waals surface area (Å²) in [6, 6.07) is 57.8. The van der Waals surface area contributed by atoms with Crippen molar-refractivity contribution in [3.8, 4) is 0 Å². The molecule has 0 aliphatic heterocycles. The zero-order valence-corrected chi connectivity index (χ0v) is 22.9. The summed E-state index contributed by atoms with van der Waals surface area (Å²) in [4.78, 5) is 15.7. The van der Waals surface area contributed by atoms with Crippen molar-refractivity contribution in [3.63, 3.8) is 0 Å². The Balaban J connectivity index is 1.27. The van der Waals surface area contributed by atoms with E-state index in [1.54, 1.807) is 0 Å². The van der Waals surface area contributed by atoms with Gasteiger partial charge in [-0.15, -0.1) is 0 Å². The first-order chi connectivity index (χ1) is 19.8. The van der Waals surface area contributed by atoms with E-state index < -0.39 is 7.92 Å². The first-order valence-corrected chi connectivity index (χ1v) is 14.7. The van der Waals surface area contributed by atoms with E-state index in [2.05, 4.69) is 89.8 Å². The third kappa shape index (κ3) is 5.50. The van der Waals surface area contributed by atoms with Gasteiger partial charge < -0.3 is 4.90 Å². The van der Waals surface area contributed by atoms with Gasteiger partial charge in [-0.1, -0.05) is 121 Å². The molecule has 0 amide bonds. The Hall–Kier alpha value is -4.78. The maximum Gasteiger partial charge on any atom is 0.193 e. The summed E-state index contributed by atoms with van der Waals surface area (Å²) >= 11 is 0. The summed E-state index contributed by atoms with van der Waals surface area (Å²) in [5.74, 6) is 0.0211. The third-order valence-corrected chi connectivity index (χ3v) is 9.28. The summed E-state index contributed by atoms with van der Waals surface area (Å²) in [6.45, 7) is 0. The Morgan fingerprint density at radius 3 is 1.12 bits per heavy atom. The fourth-order valence-corrected chi connectivity index (χ4v) is 7.18. The standard InChI is InChI=1S/C37H28NOP/c39-37(29-21-25-33(26-22-29)38(31-13-5-1-6-14-31)32-15-7-2-8-16-32)30-23-27-36(28-24-30)40(34-17-9-3-10-18-34)35-19-11-4-12-20-35/h1-28H. The molecule has 6 rings (SSSR count). The zero-order chi connectivity index (χ0) is 27.1. The molecular weight excluding hydrogens is 505 g/mol. The van der Waals surface area contributed by atoms with Crippen molar-refractivity contribution in [2.24, 2.45) is 0 Å². The van der Waals surface area contributed by atoms with E-state index in [0.29, 0.717) is 11.1 Å².